The van der Waals surface area contributed by atoms with Crippen LogP contribution in [0.25, 0.3) is 0 Å². The van der Waals surface area contributed by atoms with E-state index in [4.69, 9.17) is 5.73 Å². The molecule has 1 aliphatic heterocycles. The Bertz CT molecular complexity index is 1300. The molecule has 8 heteroatoms. The third-order valence-corrected chi connectivity index (χ3v) is 7.53. The molecule has 3 N–H and O–H groups in total. The molecule has 1 saturated heterocycles. The summed E-state index contributed by atoms with van der Waals surface area (Å²) in [6, 6.07) is 21.5. The number of nitriles is 1. The van der Waals surface area contributed by atoms with Crippen molar-refractivity contribution in [3.8, 4) is 6.07 Å². The van der Waals surface area contributed by atoms with Crippen LogP contribution in [0.5, 0.6) is 0 Å². The van der Waals surface area contributed by atoms with E-state index in [-0.39, 0.29) is 29.6 Å². The van der Waals surface area contributed by atoms with Gasteiger partial charge in [-0.3, -0.25) is 19.2 Å². The smallest absolute Gasteiger partial charge is 0.254 e. The zero-order chi connectivity index (χ0) is 25.8. The highest BCUT2D eigenvalue weighted by molar-refractivity contribution is 6.02. The first kappa shape index (κ1) is 24.7. The van der Waals surface area contributed by atoms with Crippen LogP contribution in [0.2, 0.25) is 0 Å². The Kier molecular flexibility index (Phi) is 7.06. The summed E-state index contributed by atoms with van der Waals surface area (Å²) in [6.45, 7) is 2.43. The van der Waals surface area contributed by atoms with Gasteiger partial charge in [-0.25, -0.2) is 0 Å². The van der Waals surface area contributed by atoms with Crippen LogP contribution in [-0.4, -0.2) is 39.6 Å². The highest BCUT2D eigenvalue weighted by atomic mass is 16.2. The number of likely N-dealkylation sites (tertiary alicyclic amines) is 1. The number of piperidine rings is 1. The quantitative estimate of drug-likeness (QED) is 0.467. The molecule has 1 saturated carbocycles. The van der Waals surface area contributed by atoms with Crippen molar-refractivity contribution in [1.82, 2.24) is 14.7 Å². The molecule has 0 bridgehead atoms. The SMILES string of the molecule is N#CCC1(n2cc(C(N)=O)c(NC(=O)C3CC3)n2)CCN(Cc2ccc(Cc3ccccc3)cc2)CC1. The number of amides is 2. The average Bonchev–Trinajstić information content (AvgIpc) is 3.67. The highest BCUT2D eigenvalue weighted by Gasteiger charge is 2.39. The van der Waals surface area contributed by atoms with Crippen LogP contribution in [0.4, 0.5) is 5.82 Å². The van der Waals surface area contributed by atoms with Gasteiger partial charge in [0, 0.05) is 31.7 Å². The van der Waals surface area contributed by atoms with Gasteiger partial charge in [0.2, 0.25) is 5.91 Å². The van der Waals surface area contributed by atoms with E-state index in [1.54, 1.807) is 10.9 Å². The molecule has 0 spiro atoms. The van der Waals surface area contributed by atoms with Crippen molar-refractivity contribution in [2.45, 2.75) is 50.6 Å². The molecule has 2 aromatic carbocycles. The monoisotopic (exact) mass is 496 g/mol. The molecule has 2 aliphatic rings. The maximum absolute atomic E-state index is 12.3. The molecule has 3 aromatic rings. The van der Waals surface area contributed by atoms with Crippen LogP contribution in [-0.2, 0) is 23.3 Å². The minimum absolute atomic E-state index is 0.0189. The molecule has 190 valence electrons. The van der Waals surface area contributed by atoms with Gasteiger partial charge >= 0.3 is 0 Å². The molecule has 2 amide bonds. The molecular formula is C29H32N6O2. The van der Waals surface area contributed by atoms with E-state index in [1.807, 2.05) is 6.07 Å². The Morgan fingerprint density at radius 1 is 1.03 bits per heavy atom. The first-order valence-electron chi connectivity index (χ1n) is 12.9. The Morgan fingerprint density at radius 3 is 2.30 bits per heavy atom. The summed E-state index contributed by atoms with van der Waals surface area (Å²) >= 11 is 0. The van der Waals surface area contributed by atoms with Crippen LogP contribution >= 0.6 is 0 Å². The van der Waals surface area contributed by atoms with Gasteiger partial charge in [-0.1, -0.05) is 54.6 Å². The van der Waals surface area contributed by atoms with E-state index in [9.17, 15) is 14.9 Å². The van der Waals surface area contributed by atoms with Gasteiger partial charge in [-0.15, -0.1) is 0 Å². The number of nitrogens with one attached hydrogen (secondary N) is 1. The minimum Gasteiger partial charge on any atom is -0.365 e. The van der Waals surface area contributed by atoms with Gasteiger partial charge in [0.1, 0.15) is 5.56 Å². The van der Waals surface area contributed by atoms with Crippen molar-refractivity contribution in [2.24, 2.45) is 11.7 Å². The number of rotatable bonds is 9. The zero-order valence-corrected chi connectivity index (χ0v) is 20.9. The molecule has 0 radical (unpaired) electrons. The van der Waals surface area contributed by atoms with Crippen molar-refractivity contribution in [1.29, 1.82) is 5.26 Å². The van der Waals surface area contributed by atoms with E-state index in [2.05, 4.69) is 69.9 Å². The third-order valence-electron chi connectivity index (χ3n) is 7.53. The first-order chi connectivity index (χ1) is 18.0. The molecule has 2 fully saturated rings. The van der Waals surface area contributed by atoms with E-state index in [0.29, 0.717) is 12.8 Å². The van der Waals surface area contributed by atoms with Crippen LogP contribution in [0.3, 0.4) is 0 Å². The van der Waals surface area contributed by atoms with Crippen molar-refractivity contribution >= 4 is 17.6 Å². The van der Waals surface area contributed by atoms with Crippen molar-refractivity contribution < 1.29 is 9.59 Å². The number of benzene rings is 2. The Morgan fingerprint density at radius 2 is 1.68 bits per heavy atom. The van der Waals surface area contributed by atoms with Gasteiger partial charge in [0.25, 0.3) is 5.91 Å². The molecule has 2 heterocycles. The number of hydrogen-bond acceptors (Lipinski definition) is 5. The van der Waals surface area contributed by atoms with Gasteiger partial charge in [-0.05, 0) is 48.8 Å². The van der Waals surface area contributed by atoms with Gasteiger partial charge in [0.05, 0.1) is 18.0 Å². The number of primary amides is 1. The molecule has 5 rings (SSSR count). The van der Waals surface area contributed by atoms with Gasteiger partial charge in [0.15, 0.2) is 5.82 Å². The van der Waals surface area contributed by atoms with Crippen LogP contribution in [0.15, 0.2) is 60.8 Å². The molecule has 1 aliphatic carbocycles. The van der Waals surface area contributed by atoms with Gasteiger partial charge < -0.3 is 11.1 Å². The van der Waals surface area contributed by atoms with Crippen molar-refractivity contribution in [3.63, 3.8) is 0 Å². The largest absolute Gasteiger partial charge is 0.365 e. The lowest BCUT2D eigenvalue weighted by atomic mass is 9.84. The molecule has 0 atom stereocenters. The number of carbonyl (C=O) groups is 2. The maximum atomic E-state index is 12.3. The Balaban J connectivity index is 1.24. The van der Waals surface area contributed by atoms with E-state index in [1.165, 1.54) is 16.7 Å². The van der Waals surface area contributed by atoms with E-state index < -0.39 is 11.4 Å². The number of hydrogen-bond donors (Lipinski definition) is 2. The molecular weight excluding hydrogens is 464 g/mol. The summed E-state index contributed by atoms with van der Waals surface area (Å²) in [7, 11) is 0. The summed E-state index contributed by atoms with van der Waals surface area (Å²) in [4.78, 5) is 26.8. The third kappa shape index (κ3) is 5.73. The summed E-state index contributed by atoms with van der Waals surface area (Å²) in [6.07, 6.45) is 5.91. The maximum Gasteiger partial charge on any atom is 0.254 e. The fraction of sp³-hybridized carbons (Fsp3) is 0.379. The van der Waals surface area contributed by atoms with E-state index in [0.717, 1.165) is 38.9 Å². The molecule has 8 nitrogen and oxygen atoms in total. The lowest BCUT2D eigenvalue weighted by Crippen LogP contribution is -2.46. The highest BCUT2D eigenvalue weighted by Crippen LogP contribution is 2.36. The second kappa shape index (κ2) is 10.6. The predicted molar refractivity (Wildman–Crippen MR) is 141 cm³/mol. The summed E-state index contributed by atoms with van der Waals surface area (Å²) in [5.41, 5.74) is 9.07. The van der Waals surface area contributed by atoms with Crippen molar-refractivity contribution in [2.75, 3.05) is 18.4 Å². The average molecular weight is 497 g/mol. The lowest BCUT2D eigenvalue weighted by molar-refractivity contribution is -0.117. The topological polar surface area (TPSA) is 117 Å². The second-order valence-electron chi connectivity index (χ2n) is 10.3. The minimum atomic E-state index is -0.641. The normalized spacial score (nSPS) is 17.2. The standard InChI is InChI=1S/C29H32N6O2/c30-15-12-29(35-20-25(26(31)36)27(33-35)32-28(37)24-10-11-24)13-16-34(17-14-29)19-23-8-6-22(7-9-23)18-21-4-2-1-3-5-21/h1-9,20,24H,10-14,16-19H2,(H2,31,36)(H,32,33,37). The number of aromatic nitrogens is 2. The summed E-state index contributed by atoms with van der Waals surface area (Å²) in [5, 5.41) is 17.0. The number of nitrogens with zero attached hydrogens (tertiary/aromatic N) is 4. The number of anilines is 1. The number of nitrogens with two attached hydrogens (primary N) is 1. The van der Waals surface area contributed by atoms with Crippen LogP contribution in [0, 0.1) is 17.2 Å². The zero-order valence-electron chi connectivity index (χ0n) is 20.9. The Hall–Kier alpha value is -3.96. The van der Waals surface area contributed by atoms with Gasteiger partial charge in [-0.2, -0.15) is 10.4 Å². The molecule has 0 unspecified atom stereocenters. The molecule has 1 aromatic heterocycles. The van der Waals surface area contributed by atoms with Crippen molar-refractivity contribution in [3.05, 3.63) is 83.0 Å². The summed E-state index contributed by atoms with van der Waals surface area (Å²) in [5.74, 6) is -0.599. The fourth-order valence-corrected chi connectivity index (χ4v) is 5.07. The lowest BCUT2D eigenvalue weighted by Gasteiger charge is -2.40. The fourth-order valence-electron chi connectivity index (χ4n) is 5.07. The number of carbonyl (C=O) groups excluding carboxylic acids is 2. The molecule has 37 heavy (non-hydrogen) atoms. The first-order valence-corrected chi connectivity index (χ1v) is 12.9. The van der Waals surface area contributed by atoms with E-state index >= 15 is 0 Å². The van der Waals surface area contributed by atoms with Crippen LogP contribution in [0.1, 0.15) is 59.2 Å². The van der Waals surface area contributed by atoms with Crippen LogP contribution < -0.4 is 11.1 Å². The summed E-state index contributed by atoms with van der Waals surface area (Å²) < 4.78 is 1.70. The Labute approximate surface area is 217 Å². The predicted octanol–water partition coefficient (Wildman–Crippen LogP) is 3.83. The second-order valence-corrected chi connectivity index (χ2v) is 10.3.